The summed E-state index contributed by atoms with van der Waals surface area (Å²) in [5, 5.41) is 0. The lowest BCUT2D eigenvalue weighted by Gasteiger charge is -2.25. The number of carbonyl (C=O) groups is 2. The average molecular weight is 321 g/mol. The molecule has 0 aliphatic rings. The molecule has 1 aromatic carbocycles. The van der Waals surface area contributed by atoms with Crippen LogP contribution in [0.4, 0.5) is 0 Å². The van der Waals surface area contributed by atoms with Gasteiger partial charge >= 0.3 is 5.97 Å². The van der Waals surface area contributed by atoms with Gasteiger partial charge in [-0.25, -0.2) is 0 Å². The van der Waals surface area contributed by atoms with Gasteiger partial charge in [-0.3, -0.25) is 9.59 Å². The predicted octanol–water partition coefficient (Wildman–Crippen LogP) is 2.73. The molecule has 128 valence electrons. The van der Waals surface area contributed by atoms with Crippen LogP contribution in [0.1, 0.15) is 31.4 Å². The third kappa shape index (κ3) is 5.58. The van der Waals surface area contributed by atoms with E-state index in [2.05, 4.69) is 0 Å². The molecule has 1 aromatic rings. The van der Waals surface area contributed by atoms with Gasteiger partial charge in [0.25, 0.3) is 5.91 Å². The number of aryl methyl sites for hydroxylation is 2. The zero-order chi connectivity index (χ0) is 17.4. The number of rotatable bonds is 8. The molecule has 0 heterocycles. The number of ether oxygens (including phenoxy) is 2. The first-order valence-electron chi connectivity index (χ1n) is 7.95. The van der Waals surface area contributed by atoms with Gasteiger partial charge in [0.15, 0.2) is 6.61 Å². The summed E-state index contributed by atoms with van der Waals surface area (Å²) < 4.78 is 10.4. The molecule has 0 N–H and O–H groups in total. The lowest BCUT2D eigenvalue weighted by molar-refractivity contribution is -0.146. The molecule has 1 atom stereocenters. The summed E-state index contributed by atoms with van der Waals surface area (Å²) in [5.41, 5.74) is 2.01. The summed E-state index contributed by atoms with van der Waals surface area (Å²) in [6.45, 7) is 8.57. The molecule has 1 rings (SSSR count). The highest BCUT2D eigenvalue weighted by Crippen LogP contribution is 2.22. The van der Waals surface area contributed by atoms with Gasteiger partial charge < -0.3 is 14.4 Å². The fourth-order valence-electron chi connectivity index (χ4n) is 2.45. The molecule has 0 saturated heterocycles. The minimum Gasteiger partial charge on any atom is -0.483 e. The van der Waals surface area contributed by atoms with E-state index < -0.39 is 0 Å². The first kappa shape index (κ1) is 19.0. The molecule has 1 amide bonds. The number of carbonyl (C=O) groups excluding carboxylic acids is 2. The van der Waals surface area contributed by atoms with Crippen molar-refractivity contribution in [3.8, 4) is 5.75 Å². The topological polar surface area (TPSA) is 55.8 Å². The zero-order valence-electron chi connectivity index (χ0n) is 14.7. The second-order valence-corrected chi connectivity index (χ2v) is 5.77. The van der Waals surface area contributed by atoms with Gasteiger partial charge in [-0.2, -0.15) is 0 Å². The van der Waals surface area contributed by atoms with Gasteiger partial charge in [0.2, 0.25) is 0 Å². The van der Waals surface area contributed by atoms with Crippen molar-refractivity contribution >= 4 is 11.9 Å². The van der Waals surface area contributed by atoms with Crippen LogP contribution in [-0.2, 0) is 14.3 Å². The summed E-state index contributed by atoms with van der Waals surface area (Å²) in [6, 6.07) is 5.87. The highest BCUT2D eigenvalue weighted by molar-refractivity contribution is 5.79. The SMILES string of the molecule is CCCN(CC(C)C(=O)OC)C(=O)COc1c(C)cccc1C. The maximum absolute atomic E-state index is 12.4. The monoisotopic (exact) mass is 321 g/mol. The van der Waals surface area contributed by atoms with Crippen LogP contribution >= 0.6 is 0 Å². The van der Waals surface area contributed by atoms with Crippen molar-refractivity contribution < 1.29 is 19.1 Å². The molecule has 0 aromatic heterocycles. The summed E-state index contributed by atoms with van der Waals surface area (Å²) in [4.78, 5) is 25.6. The highest BCUT2D eigenvalue weighted by Gasteiger charge is 2.21. The van der Waals surface area contributed by atoms with Gasteiger partial charge in [0.1, 0.15) is 5.75 Å². The molecule has 0 spiro atoms. The van der Waals surface area contributed by atoms with Crippen LogP contribution < -0.4 is 4.74 Å². The Hall–Kier alpha value is -2.04. The number of hydrogen-bond acceptors (Lipinski definition) is 4. The zero-order valence-corrected chi connectivity index (χ0v) is 14.7. The van der Waals surface area contributed by atoms with Crippen molar-refractivity contribution in [3.63, 3.8) is 0 Å². The molecule has 0 saturated carbocycles. The van der Waals surface area contributed by atoms with Crippen LogP contribution in [0.25, 0.3) is 0 Å². The molecule has 5 heteroatoms. The Kier molecular flexibility index (Phi) is 7.59. The molecular weight excluding hydrogens is 294 g/mol. The average Bonchev–Trinajstić information content (AvgIpc) is 2.52. The van der Waals surface area contributed by atoms with Crippen molar-refractivity contribution in [3.05, 3.63) is 29.3 Å². The summed E-state index contributed by atoms with van der Waals surface area (Å²) in [5.74, 6) is -0.0335. The highest BCUT2D eigenvalue weighted by atomic mass is 16.5. The molecule has 23 heavy (non-hydrogen) atoms. The Balaban J connectivity index is 2.69. The first-order chi connectivity index (χ1) is 10.9. The van der Waals surface area contributed by atoms with Crippen molar-refractivity contribution in [2.24, 2.45) is 5.92 Å². The summed E-state index contributed by atoms with van der Waals surface area (Å²) in [7, 11) is 1.36. The Bertz CT molecular complexity index is 522. The van der Waals surface area contributed by atoms with E-state index in [-0.39, 0.29) is 24.4 Å². The quantitative estimate of drug-likeness (QED) is 0.691. The van der Waals surface area contributed by atoms with Crippen LogP contribution in [0.2, 0.25) is 0 Å². The third-order valence-electron chi connectivity index (χ3n) is 3.69. The van der Waals surface area contributed by atoms with E-state index in [1.807, 2.05) is 39.0 Å². The van der Waals surface area contributed by atoms with E-state index in [4.69, 9.17) is 9.47 Å². The molecule has 0 aliphatic heterocycles. The minimum atomic E-state index is -0.351. The lowest BCUT2D eigenvalue weighted by Crippen LogP contribution is -2.40. The summed E-state index contributed by atoms with van der Waals surface area (Å²) in [6.07, 6.45) is 0.822. The number of para-hydroxylation sites is 1. The van der Waals surface area contributed by atoms with E-state index in [9.17, 15) is 9.59 Å². The van der Waals surface area contributed by atoms with Crippen molar-refractivity contribution in [1.82, 2.24) is 4.90 Å². The van der Waals surface area contributed by atoms with Crippen LogP contribution in [0.5, 0.6) is 5.75 Å². The molecule has 0 fully saturated rings. The maximum Gasteiger partial charge on any atom is 0.310 e. The van der Waals surface area contributed by atoms with Crippen molar-refractivity contribution in [2.75, 3.05) is 26.8 Å². The van der Waals surface area contributed by atoms with Crippen LogP contribution in [-0.4, -0.2) is 43.6 Å². The minimum absolute atomic E-state index is 0.0282. The number of amides is 1. The molecular formula is C18H27NO4. The fourth-order valence-corrected chi connectivity index (χ4v) is 2.45. The largest absolute Gasteiger partial charge is 0.483 e. The standard InChI is InChI=1S/C18H27NO4/c1-6-10-19(11-15(4)18(21)22-5)16(20)12-23-17-13(2)8-7-9-14(17)3/h7-9,15H,6,10-12H2,1-5H3. The number of benzene rings is 1. The van der Waals surface area contributed by atoms with Gasteiger partial charge in [0.05, 0.1) is 13.0 Å². The number of nitrogens with zero attached hydrogens (tertiary/aromatic N) is 1. The Morgan fingerprint density at radius 3 is 2.35 bits per heavy atom. The fraction of sp³-hybridized carbons (Fsp3) is 0.556. The van der Waals surface area contributed by atoms with Gasteiger partial charge in [-0.15, -0.1) is 0 Å². The van der Waals surface area contributed by atoms with Crippen LogP contribution in [0.15, 0.2) is 18.2 Å². The number of methoxy groups -OCH3 is 1. The van der Waals surface area contributed by atoms with Gasteiger partial charge in [-0.1, -0.05) is 32.0 Å². The molecule has 0 radical (unpaired) electrons. The van der Waals surface area contributed by atoms with Gasteiger partial charge in [-0.05, 0) is 31.4 Å². The number of esters is 1. The predicted molar refractivity (Wildman–Crippen MR) is 89.5 cm³/mol. The first-order valence-corrected chi connectivity index (χ1v) is 7.95. The Morgan fingerprint density at radius 1 is 1.22 bits per heavy atom. The van der Waals surface area contributed by atoms with E-state index >= 15 is 0 Å². The normalized spacial score (nSPS) is 11.7. The third-order valence-corrected chi connectivity index (χ3v) is 3.69. The van der Waals surface area contributed by atoms with Crippen LogP contribution in [0.3, 0.4) is 0 Å². The molecule has 5 nitrogen and oxygen atoms in total. The Labute approximate surface area is 138 Å². The van der Waals surface area contributed by atoms with E-state index in [1.54, 1.807) is 11.8 Å². The van der Waals surface area contributed by atoms with E-state index in [0.717, 1.165) is 23.3 Å². The lowest BCUT2D eigenvalue weighted by atomic mass is 10.1. The smallest absolute Gasteiger partial charge is 0.310 e. The van der Waals surface area contributed by atoms with E-state index in [0.29, 0.717) is 13.1 Å². The second-order valence-electron chi connectivity index (χ2n) is 5.77. The van der Waals surface area contributed by atoms with Crippen molar-refractivity contribution in [1.29, 1.82) is 0 Å². The van der Waals surface area contributed by atoms with Crippen molar-refractivity contribution in [2.45, 2.75) is 34.1 Å². The number of hydrogen-bond donors (Lipinski definition) is 0. The Morgan fingerprint density at radius 2 is 1.83 bits per heavy atom. The molecule has 0 bridgehead atoms. The van der Waals surface area contributed by atoms with Crippen LogP contribution in [0, 0.1) is 19.8 Å². The summed E-state index contributed by atoms with van der Waals surface area (Å²) >= 11 is 0. The maximum atomic E-state index is 12.4. The molecule has 1 unspecified atom stereocenters. The van der Waals surface area contributed by atoms with E-state index in [1.165, 1.54) is 7.11 Å². The van der Waals surface area contributed by atoms with Gasteiger partial charge in [0, 0.05) is 13.1 Å². The second kappa shape index (κ2) is 9.18. The molecule has 0 aliphatic carbocycles.